The number of hydrogen-bond acceptors (Lipinski definition) is 6. The maximum Gasteiger partial charge on any atom is 0.263 e. The molecule has 138 valence electrons. The van der Waals surface area contributed by atoms with Gasteiger partial charge in [0.2, 0.25) is 6.41 Å². The zero-order chi connectivity index (χ0) is 18.7. The van der Waals surface area contributed by atoms with Gasteiger partial charge in [-0.2, -0.15) is 0 Å². The topological polar surface area (TPSA) is 95.5 Å². The molecule has 0 saturated carbocycles. The van der Waals surface area contributed by atoms with Crippen LogP contribution in [0.15, 0.2) is 35.2 Å². The fraction of sp³-hybridized carbons (Fsp3) is 0.353. The maximum absolute atomic E-state index is 12.6. The van der Waals surface area contributed by atoms with E-state index in [1.54, 1.807) is 36.1 Å². The molecular weight excluding hydrogens is 354 g/mol. The average molecular weight is 375 g/mol. The molecule has 0 radical (unpaired) electrons. The Balaban J connectivity index is 1.72. The Kier molecular flexibility index (Phi) is 5.08. The largest absolute Gasteiger partial charge is 0.352 e. The molecule has 1 amide bonds. The first-order valence-corrected chi connectivity index (χ1v) is 9.75. The van der Waals surface area contributed by atoms with Crippen LogP contribution < -0.4 is 9.62 Å². The zero-order valence-electron chi connectivity index (χ0n) is 14.7. The summed E-state index contributed by atoms with van der Waals surface area (Å²) in [7, 11) is -3.72. The summed E-state index contributed by atoms with van der Waals surface area (Å²) in [4.78, 5) is 14.7. The number of rotatable bonds is 5. The summed E-state index contributed by atoms with van der Waals surface area (Å²) in [6.45, 7) is 6.27. The van der Waals surface area contributed by atoms with Gasteiger partial charge in [0.1, 0.15) is 0 Å². The third kappa shape index (κ3) is 3.93. The number of sulfonamides is 1. The van der Waals surface area contributed by atoms with Crippen LogP contribution >= 0.6 is 0 Å². The van der Waals surface area contributed by atoms with Crippen molar-refractivity contribution in [3.8, 4) is 0 Å². The van der Waals surface area contributed by atoms with Gasteiger partial charge in [0, 0.05) is 26.2 Å². The Morgan fingerprint density at radius 3 is 2.35 bits per heavy atom. The third-order valence-corrected chi connectivity index (χ3v) is 5.81. The molecule has 0 unspecified atom stereocenters. The predicted molar refractivity (Wildman–Crippen MR) is 98.6 cm³/mol. The van der Waals surface area contributed by atoms with Gasteiger partial charge in [-0.25, -0.2) is 8.42 Å². The third-order valence-electron chi connectivity index (χ3n) is 4.30. The van der Waals surface area contributed by atoms with Gasteiger partial charge in [0.05, 0.1) is 4.90 Å². The van der Waals surface area contributed by atoms with Crippen LogP contribution in [0.25, 0.3) is 0 Å². The molecule has 1 saturated heterocycles. The average Bonchev–Trinajstić information content (AvgIpc) is 2.62. The Morgan fingerprint density at radius 1 is 1.04 bits per heavy atom. The smallest absolute Gasteiger partial charge is 0.263 e. The minimum absolute atomic E-state index is 0.167. The standard InChI is InChI=1S/C17H21N5O3S/c1-13-3-4-15(14(2)11-13)26(24,25)20-16-5-6-17(19-18-16)22-9-7-21(12-23)8-10-22/h3-6,11-12H,7-10H2,1-2H3,(H,18,20). The van der Waals surface area contributed by atoms with Crippen molar-refractivity contribution in [2.24, 2.45) is 0 Å². The van der Waals surface area contributed by atoms with E-state index in [2.05, 4.69) is 14.9 Å². The second-order valence-electron chi connectivity index (χ2n) is 6.28. The van der Waals surface area contributed by atoms with Crippen LogP contribution in [0.2, 0.25) is 0 Å². The fourth-order valence-corrected chi connectivity index (χ4v) is 4.12. The number of aromatic nitrogens is 2. The molecule has 1 aliphatic rings. The number of amides is 1. The van der Waals surface area contributed by atoms with Crippen LogP contribution in [0.1, 0.15) is 11.1 Å². The summed E-state index contributed by atoms with van der Waals surface area (Å²) in [5.41, 5.74) is 1.68. The fourth-order valence-electron chi connectivity index (χ4n) is 2.90. The van der Waals surface area contributed by atoms with Crippen LogP contribution in [-0.2, 0) is 14.8 Å². The van der Waals surface area contributed by atoms with E-state index in [0.29, 0.717) is 37.6 Å². The van der Waals surface area contributed by atoms with E-state index >= 15 is 0 Å². The lowest BCUT2D eigenvalue weighted by molar-refractivity contribution is -0.118. The molecule has 1 aromatic carbocycles. The normalized spacial score (nSPS) is 15.0. The molecule has 2 aromatic rings. The molecule has 8 nitrogen and oxygen atoms in total. The lowest BCUT2D eigenvalue weighted by Gasteiger charge is -2.32. The van der Waals surface area contributed by atoms with Crippen molar-refractivity contribution >= 4 is 28.1 Å². The quantitative estimate of drug-likeness (QED) is 0.789. The van der Waals surface area contributed by atoms with E-state index in [4.69, 9.17) is 0 Å². The van der Waals surface area contributed by atoms with Gasteiger partial charge in [0.15, 0.2) is 11.6 Å². The first kappa shape index (κ1) is 18.1. The number of anilines is 2. The summed E-state index contributed by atoms with van der Waals surface area (Å²) in [5.74, 6) is 0.824. The van der Waals surface area contributed by atoms with E-state index in [1.807, 2.05) is 17.9 Å². The second-order valence-corrected chi connectivity index (χ2v) is 7.93. The van der Waals surface area contributed by atoms with Gasteiger partial charge in [0.25, 0.3) is 10.0 Å². The van der Waals surface area contributed by atoms with Crippen LogP contribution in [0, 0.1) is 13.8 Å². The monoisotopic (exact) mass is 375 g/mol. The van der Waals surface area contributed by atoms with E-state index in [9.17, 15) is 13.2 Å². The summed E-state index contributed by atoms with van der Waals surface area (Å²) < 4.78 is 27.6. The summed E-state index contributed by atoms with van der Waals surface area (Å²) in [6, 6.07) is 8.48. The van der Waals surface area contributed by atoms with Gasteiger partial charge in [-0.15, -0.1) is 10.2 Å². The summed E-state index contributed by atoms with van der Waals surface area (Å²) in [6.07, 6.45) is 0.841. The highest BCUT2D eigenvalue weighted by atomic mass is 32.2. The molecule has 0 aliphatic carbocycles. The van der Waals surface area contributed by atoms with Crippen molar-refractivity contribution in [1.29, 1.82) is 0 Å². The number of carbonyl (C=O) groups excluding carboxylic acids is 1. The van der Waals surface area contributed by atoms with Crippen LogP contribution in [0.4, 0.5) is 11.6 Å². The van der Waals surface area contributed by atoms with Crippen molar-refractivity contribution in [3.63, 3.8) is 0 Å². The molecule has 1 fully saturated rings. The number of carbonyl (C=O) groups is 1. The lowest BCUT2D eigenvalue weighted by Crippen LogP contribution is -2.46. The van der Waals surface area contributed by atoms with Gasteiger partial charge in [-0.1, -0.05) is 17.7 Å². The highest BCUT2D eigenvalue weighted by Gasteiger charge is 2.19. The predicted octanol–water partition coefficient (Wildman–Crippen LogP) is 1.17. The maximum atomic E-state index is 12.6. The Morgan fingerprint density at radius 2 is 1.77 bits per heavy atom. The van der Waals surface area contributed by atoms with Gasteiger partial charge >= 0.3 is 0 Å². The number of piperazine rings is 1. The lowest BCUT2D eigenvalue weighted by atomic mass is 10.2. The zero-order valence-corrected chi connectivity index (χ0v) is 15.5. The Hall–Kier alpha value is -2.68. The first-order valence-electron chi connectivity index (χ1n) is 8.27. The number of hydrogen-bond donors (Lipinski definition) is 1. The Bertz CT molecular complexity index is 891. The molecule has 2 heterocycles. The van der Waals surface area contributed by atoms with E-state index in [0.717, 1.165) is 12.0 Å². The number of benzene rings is 1. The minimum atomic E-state index is -3.72. The molecule has 1 N–H and O–H groups in total. The summed E-state index contributed by atoms with van der Waals surface area (Å²) >= 11 is 0. The highest BCUT2D eigenvalue weighted by Crippen LogP contribution is 2.20. The van der Waals surface area contributed by atoms with Crippen molar-refractivity contribution in [3.05, 3.63) is 41.5 Å². The second kappa shape index (κ2) is 7.28. The molecule has 1 aliphatic heterocycles. The highest BCUT2D eigenvalue weighted by molar-refractivity contribution is 7.92. The molecule has 0 bridgehead atoms. The number of nitrogens with one attached hydrogen (secondary N) is 1. The minimum Gasteiger partial charge on any atom is -0.352 e. The first-order chi connectivity index (χ1) is 12.4. The molecule has 26 heavy (non-hydrogen) atoms. The summed E-state index contributed by atoms with van der Waals surface area (Å²) in [5, 5.41) is 8.10. The van der Waals surface area contributed by atoms with Crippen molar-refractivity contribution in [2.75, 3.05) is 35.8 Å². The van der Waals surface area contributed by atoms with E-state index < -0.39 is 10.0 Å². The van der Waals surface area contributed by atoms with Gasteiger partial charge < -0.3 is 9.80 Å². The molecular formula is C17H21N5O3S. The van der Waals surface area contributed by atoms with Crippen LogP contribution in [0.3, 0.4) is 0 Å². The van der Waals surface area contributed by atoms with Crippen molar-refractivity contribution < 1.29 is 13.2 Å². The van der Waals surface area contributed by atoms with E-state index in [1.165, 1.54) is 0 Å². The SMILES string of the molecule is Cc1ccc(S(=O)(=O)Nc2ccc(N3CCN(C=O)CC3)nn2)c(C)c1. The van der Waals surface area contributed by atoms with E-state index in [-0.39, 0.29) is 10.7 Å². The van der Waals surface area contributed by atoms with Crippen LogP contribution in [0.5, 0.6) is 0 Å². The molecule has 9 heteroatoms. The molecule has 0 spiro atoms. The van der Waals surface area contributed by atoms with Crippen molar-refractivity contribution in [2.45, 2.75) is 18.7 Å². The van der Waals surface area contributed by atoms with Crippen molar-refractivity contribution in [1.82, 2.24) is 15.1 Å². The number of nitrogens with zero attached hydrogens (tertiary/aromatic N) is 4. The molecule has 1 aromatic heterocycles. The van der Waals surface area contributed by atoms with Gasteiger partial charge in [-0.05, 0) is 37.6 Å². The number of aryl methyl sites for hydroxylation is 2. The van der Waals surface area contributed by atoms with Crippen LogP contribution in [-0.4, -0.2) is 56.1 Å². The van der Waals surface area contributed by atoms with Gasteiger partial charge in [-0.3, -0.25) is 9.52 Å². The Labute approximate surface area is 152 Å². The molecule has 3 rings (SSSR count). The molecule has 0 atom stereocenters.